The Hall–Kier alpha value is -1.79. The van der Waals surface area contributed by atoms with Gasteiger partial charge in [0.2, 0.25) is 0 Å². The van der Waals surface area contributed by atoms with Gasteiger partial charge in [-0.1, -0.05) is 23.7 Å². The highest BCUT2D eigenvalue weighted by atomic mass is 35.5. The minimum Gasteiger partial charge on any atom is -0.396 e. The predicted octanol–water partition coefficient (Wildman–Crippen LogP) is 3.48. The van der Waals surface area contributed by atoms with Crippen molar-refractivity contribution in [2.45, 2.75) is 18.7 Å². The van der Waals surface area contributed by atoms with E-state index in [4.69, 9.17) is 17.3 Å². The van der Waals surface area contributed by atoms with Gasteiger partial charge >= 0.3 is 0 Å². The van der Waals surface area contributed by atoms with Gasteiger partial charge < -0.3 is 5.73 Å². The van der Waals surface area contributed by atoms with Gasteiger partial charge in [-0.15, -0.1) is 0 Å². The number of nitrogens with two attached hydrogens (primary N) is 1. The van der Waals surface area contributed by atoms with E-state index in [2.05, 4.69) is 4.72 Å². The quantitative estimate of drug-likeness (QED) is 0.847. The van der Waals surface area contributed by atoms with Crippen molar-refractivity contribution in [3.05, 3.63) is 52.3 Å². The number of rotatable bonds is 3. The van der Waals surface area contributed by atoms with Crippen LogP contribution >= 0.6 is 11.6 Å². The fourth-order valence-electron chi connectivity index (χ4n) is 1.84. The summed E-state index contributed by atoms with van der Waals surface area (Å²) in [5, 5.41) is 0.0511. The number of anilines is 2. The molecule has 3 N–H and O–H groups in total. The lowest BCUT2D eigenvalue weighted by atomic mass is 10.1. The Morgan fingerprint density at radius 2 is 1.90 bits per heavy atom. The standard InChI is InChI=1S/C14H14ClFN2O2S/c1-8-4-3-5-12(9(8)2)18-21(19,20)13-7-10(15)6-11(17)14(13)16/h3-7,18H,17H2,1-2H3. The second-order valence-electron chi connectivity index (χ2n) is 4.66. The fourth-order valence-corrected chi connectivity index (χ4v) is 3.39. The van der Waals surface area contributed by atoms with Crippen LogP contribution in [0.25, 0.3) is 0 Å². The van der Waals surface area contributed by atoms with Gasteiger partial charge in [0.1, 0.15) is 4.90 Å². The van der Waals surface area contributed by atoms with Crippen LogP contribution < -0.4 is 10.5 Å². The van der Waals surface area contributed by atoms with Gasteiger partial charge in [-0.3, -0.25) is 4.72 Å². The molecular weight excluding hydrogens is 315 g/mol. The lowest BCUT2D eigenvalue weighted by Gasteiger charge is -2.13. The van der Waals surface area contributed by atoms with Crippen LogP contribution in [0.5, 0.6) is 0 Å². The summed E-state index contributed by atoms with van der Waals surface area (Å²) in [6.45, 7) is 3.63. The van der Waals surface area contributed by atoms with E-state index in [1.807, 2.05) is 13.0 Å². The summed E-state index contributed by atoms with van der Waals surface area (Å²) >= 11 is 5.75. The molecule has 4 nitrogen and oxygen atoms in total. The summed E-state index contributed by atoms with van der Waals surface area (Å²) in [4.78, 5) is -0.576. The molecule has 0 aliphatic heterocycles. The van der Waals surface area contributed by atoms with Gasteiger partial charge in [-0.05, 0) is 43.2 Å². The van der Waals surface area contributed by atoms with E-state index in [1.165, 1.54) is 0 Å². The molecule has 7 heteroatoms. The molecule has 2 aromatic rings. The first-order chi connectivity index (χ1) is 9.72. The molecule has 21 heavy (non-hydrogen) atoms. The van der Waals surface area contributed by atoms with Crippen LogP contribution in [0.15, 0.2) is 35.2 Å². The number of hydrogen-bond acceptors (Lipinski definition) is 3. The van der Waals surface area contributed by atoms with Crippen molar-refractivity contribution in [2.24, 2.45) is 0 Å². The van der Waals surface area contributed by atoms with Gasteiger partial charge in [0.25, 0.3) is 10.0 Å². The average Bonchev–Trinajstić information content (AvgIpc) is 2.39. The SMILES string of the molecule is Cc1cccc(NS(=O)(=O)c2cc(Cl)cc(N)c2F)c1C. The molecule has 0 unspecified atom stereocenters. The van der Waals surface area contributed by atoms with Gasteiger partial charge in [0.15, 0.2) is 5.82 Å². The monoisotopic (exact) mass is 328 g/mol. The van der Waals surface area contributed by atoms with Crippen LogP contribution in [0.3, 0.4) is 0 Å². The number of nitrogens with one attached hydrogen (secondary N) is 1. The molecule has 0 radical (unpaired) electrons. The number of aryl methyl sites for hydroxylation is 1. The molecule has 0 spiro atoms. The zero-order chi connectivity index (χ0) is 15.8. The van der Waals surface area contributed by atoms with Crippen LogP contribution in [-0.4, -0.2) is 8.42 Å². The normalized spacial score (nSPS) is 11.4. The van der Waals surface area contributed by atoms with E-state index in [0.717, 1.165) is 23.3 Å². The van der Waals surface area contributed by atoms with Crippen molar-refractivity contribution in [2.75, 3.05) is 10.5 Å². The Bertz CT molecular complexity index is 807. The van der Waals surface area contributed by atoms with E-state index < -0.39 is 20.7 Å². The topological polar surface area (TPSA) is 72.2 Å². The average molecular weight is 329 g/mol. The summed E-state index contributed by atoms with van der Waals surface area (Å²) in [5.74, 6) is -1.02. The second kappa shape index (κ2) is 5.54. The largest absolute Gasteiger partial charge is 0.396 e. The van der Waals surface area contributed by atoms with Gasteiger partial charge in [0.05, 0.1) is 11.4 Å². The molecule has 0 fully saturated rings. The molecule has 0 aromatic heterocycles. The summed E-state index contributed by atoms with van der Waals surface area (Å²) in [7, 11) is -4.12. The minimum absolute atomic E-state index is 0.0511. The molecule has 0 saturated heterocycles. The molecule has 2 rings (SSSR count). The van der Waals surface area contributed by atoms with E-state index in [0.29, 0.717) is 5.69 Å². The first-order valence-corrected chi connectivity index (χ1v) is 7.92. The van der Waals surface area contributed by atoms with Crippen molar-refractivity contribution in [1.29, 1.82) is 0 Å². The zero-order valence-electron chi connectivity index (χ0n) is 11.4. The first kappa shape index (κ1) is 15.6. The minimum atomic E-state index is -4.12. The molecule has 0 atom stereocenters. The molecule has 2 aromatic carbocycles. The Balaban J connectivity index is 2.51. The maximum Gasteiger partial charge on any atom is 0.264 e. The fraction of sp³-hybridized carbons (Fsp3) is 0.143. The van der Waals surface area contributed by atoms with Crippen molar-refractivity contribution in [3.8, 4) is 0 Å². The van der Waals surface area contributed by atoms with Crippen LogP contribution in [-0.2, 0) is 10.0 Å². The molecular formula is C14H14ClFN2O2S. The molecule has 0 heterocycles. The van der Waals surface area contributed by atoms with Gasteiger partial charge in [-0.2, -0.15) is 0 Å². The molecule has 0 aliphatic rings. The van der Waals surface area contributed by atoms with E-state index in [9.17, 15) is 12.8 Å². The predicted molar refractivity (Wildman–Crippen MR) is 82.5 cm³/mol. The zero-order valence-corrected chi connectivity index (χ0v) is 13.0. The highest BCUT2D eigenvalue weighted by Crippen LogP contribution is 2.28. The second-order valence-corrected chi connectivity index (χ2v) is 6.75. The highest BCUT2D eigenvalue weighted by molar-refractivity contribution is 7.92. The lowest BCUT2D eigenvalue weighted by molar-refractivity contribution is 0.573. The highest BCUT2D eigenvalue weighted by Gasteiger charge is 2.22. The molecule has 0 bridgehead atoms. The Kier molecular flexibility index (Phi) is 4.11. The van der Waals surface area contributed by atoms with Crippen molar-refractivity contribution < 1.29 is 12.8 Å². The molecule has 0 aliphatic carbocycles. The summed E-state index contributed by atoms with van der Waals surface area (Å²) in [6.07, 6.45) is 0. The van der Waals surface area contributed by atoms with E-state index >= 15 is 0 Å². The molecule has 112 valence electrons. The smallest absolute Gasteiger partial charge is 0.264 e. The van der Waals surface area contributed by atoms with Gasteiger partial charge in [-0.25, -0.2) is 12.8 Å². The van der Waals surface area contributed by atoms with Crippen molar-refractivity contribution in [1.82, 2.24) is 0 Å². The van der Waals surface area contributed by atoms with Gasteiger partial charge in [0, 0.05) is 5.02 Å². The lowest BCUT2D eigenvalue weighted by Crippen LogP contribution is -2.16. The van der Waals surface area contributed by atoms with Crippen LogP contribution in [0, 0.1) is 19.7 Å². The number of benzene rings is 2. The Morgan fingerprint density at radius 3 is 2.57 bits per heavy atom. The third kappa shape index (κ3) is 3.11. The third-order valence-electron chi connectivity index (χ3n) is 3.17. The maximum absolute atomic E-state index is 14.0. The van der Waals surface area contributed by atoms with Crippen LogP contribution in [0.2, 0.25) is 5.02 Å². The Labute approximate surface area is 127 Å². The number of sulfonamides is 1. The van der Waals surface area contributed by atoms with Crippen molar-refractivity contribution >= 4 is 33.0 Å². The van der Waals surface area contributed by atoms with Crippen molar-refractivity contribution in [3.63, 3.8) is 0 Å². The third-order valence-corrected chi connectivity index (χ3v) is 4.75. The van der Waals surface area contributed by atoms with Crippen LogP contribution in [0.4, 0.5) is 15.8 Å². The number of nitrogen functional groups attached to an aromatic ring is 1. The summed E-state index contributed by atoms with van der Waals surface area (Å²) < 4.78 is 41.0. The number of hydrogen-bond donors (Lipinski definition) is 2. The molecule has 0 saturated carbocycles. The summed E-state index contributed by atoms with van der Waals surface area (Å²) in [6, 6.07) is 7.36. The first-order valence-electron chi connectivity index (χ1n) is 6.06. The van der Waals surface area contributed by atoms with E-state index in [-0.39, 0.29) is 10.7 Å². The Morgan fingerprint density at radius 1 is 1.24 bits per heavy atom. The number of halogens is 2. The maximum atomic E-state index is 14.0. The van der Waals surface area contributed by atoms with Crippen LogP contribution in [0.1, 0.15) is 11.1 Å². The molecule has 0 amide bonds. The summed E-state index contributed by atoms with van der Waals surface area (Å²) in [5.41, 5.74) is 7.16. The van der Waals surface area contributed by atoms with E-state index in [1.54, 1.807) is 19.1 Å².